The molecule has 7 N–H and O–H groups in total. The zero-order valence-electron chi connectivity index (χ0n) is 17.9. The highest BCUT2D eigenvalue weighted by Crippen LogP contribution is 2.20. The van der Waals surface area contributed by atoms with Crippen LogP contribution in [0, 0.1) is 5.92 Å². The quantitative estimate of drug-likeness (QED) is 0.234. The van der Waals surface area contributed by atoms with Gasteiger partial charge in [0.25, 0.3) is 0 Å². The maximum Gasteiger partial charge on any atom is 0.328 e. The summed E-state index contributed by atoms with van der Waals surface area (Å²) >= 11 is 0. The number of nitrogens with one attached hydrogen (secondary N) is 2. The van der Waals surface area contributed by atoms with Crippen molar-refractivity contribution >= 4 is 23.7 Å². The molecule has 172 valence electrons. The van der Waals surface area contributed by atoms with E-state index in [9.17, 15) is 29.4 Å². The molecular formula is C19H34N4O7. The summed E-state index contributed by atoms with van der Waals surface area (Å²) in [6, 6.07) is -4.64. The van der Waals surface area contributed by atoms with Gasteiger partial charge in [-0.25, -0.2) is 4.79 Å². The molecule has 0 aliphatic carbocycles. The SMILES string of the molecule is CC(C)CC(N)C(=O)N1CCCC1C(=O)NC(C(=O)NC(C(=O)O)C(C)O)C(C)O. The van der Waals surface area contributed by atoms with E-state index in [0.717, 1.165) is 0 Å². The lowest BCUT2D eigenvalue weighted by Gasteiger charge is -2.30. The highest BCUT2D eigenvalue weighted by atomic mass is 16.4. The number of carboxylic acid groups (broad SMARTS) is 1. The summed E-state index contributed by atoms with van der Waals surface area (Å²) in [5, 5.41) is 33.1. The van der Waals surface area contributed by atoms with Crippen molar-refractivity contribution in [3.05, 3.63) is 0 Å². The average Bonchev–Trinajstić information content (AvgIpc) is 3.11. The van der Waals surface area contributed by atoms with Gasteiger partial charge in [-0.1, -0.05) is 13.8 Å². The van der Waals surface area contributed by atoms with E-state index in [1.807, 2.05) is 13.8 Å². The molecule has 6 atom stereocenters. The fourth-order valence-corrected chi connectivity index (χ4v) is 3.41. The molecule has 0 aromatic carbocycles. The van der Waals surface area contributed by atoms with Crippen LogP contribution in [0.5, 0.6) is 0 Å². The number of nitrogens with zero attached hydrogens (tertiary/aromatic N) is 1. The molecule has 1 rings (SSSR count). The van der Waals surface area contributed by atoms with Crippen LogP contribution in [-0.4, -0.2) is 86.8 Å². The van der Waals surface area contributed by atoms with E-state index >= 15 is 0 Å². The Balaban J connectivity index is 2.88. The normalized spacial score (nSPS) is 21.5. The molecule has 1 aliphatic rings. The lowest BCUT2D eigenvalue weighted by molar-refractivity contribution is -0.146. The van der Waals surface area contributed by atoms with Crippen LogP contribution in [0.4, 0.5) is 0 Å². The maximum absolute atomic E-state index is 12.8. The predicted molar refractivity (Wildman–Crippen MR) is 107 cm³/mol. The number of carbonyl (C=O) groups is 4. The van der Waals surface area contributed by atoms with Gasteiger partial charge in [-0.05, 0) is 39.0 Å². The fourth-order valence-electron chi connectivity index (χ4n) is 3.41. The number of nitrogens with two attached hydrogens (primary N) is 1. The molecule has 0 saturated carbocycles. The second kappa shape index (κ2) is 11.2. The lowest BCUT2D eigenvalue weighted by Crippen LogP contribution is -2.60. The Morgan fingerprint density at radius 1 is 1.03 bits per heavy atom. The highest BCUT2D eigenvalue weighted by molar-refractivity contribution is 5.94. The van der Waals surface area contributed by atoms with Crippen molar-refractivity contribution < 1.29 is 34.5 Å². The zero-order chi connectivity index (χ0) is 23.2. The average molecular weight is 431 g/mol. The van der Waals surface area contributed by atoms with Crippen molar-refractivity contribution in [3.8, 4) is 0 Å². The first kappa shape index (κ1) is 25.8. The van der Waals surface area contributed by atoms with Crippen molar-refractivity contribution in [2.75, 3.05) is 6.54 Å². The van der Waals surface area contributed by atoms with E-state index in [-0.39, 0.29) is 11.8 Å². The Morgan fingerprint density at radius 3 is 2.07 bits per heavy atom. The van der Waals surface area contributed by atoms with Crippen molar-refractivity contribution in [1.29, 1.82) is 0 Å². The molecule has 11 heteroatoms. The van der Waals surface area contributed by atoms with Gasteiger partial charge in [0.2, 0.25) is 17.7 Å². The number of likely N-dealkylation sites (tertiary alicyclic amines) is 1. The molecule has 0 spiro atoms. The Hall–Kier alpha value is -2.24. The number of hydrogen-bond donors (Lipinski definition) is 6. The van der Waals surface area contributed by atoms with Crippen LogP contribution in [0.3, 0.4) is 0 Å². The minimum atomic E-state index is -1.60. The Labute approximate surface area is 176 Å². The Kier molecular flexibility index (Phi) is 9.66. The topological polar surface area (TPSA) is 182 Å². The smallest absolute Gasteiger partial charge is 0.328 e. The highest BCUT2D eigenvalue weighted by Gasteiger charge is 2.39. The molecule has 1 heterocycles. The number of hydrogen-bond acceptors (Lipinski definition) is 7. The molecular weight excluding hydrogens is 396 g/mol. The van der Waals surface area contributed by atoms with E-state index in [1.54, 1.807) is 0 Å². The Morgan fingerprint density at radius 2 is 1.60 bits per heavy atom. The first-order chi connectivity index (χ1) is 13.9. The van der Waals surface area contributed by atoms with Gasteiger partial charge in [0.15, 0.2) is 6.04 Å². The van der Waals surface area contributed by atoms with Crippen LogP contribution in [-0.2, 0) is 19.2 Å². The molecule has 6 unspecified atom stereocenters. The first-order valence-electron chi connectivity index (χ1n) is 10.1. The van der Waals surface area contributed by atoms with Crippen LogP contribution in [0.2, 0.25) is 0 Å². The summed E-state index contributed by atoms with van der Waals surface area (Å²) in [7, 11) is 0. The van der Waals surface area contributed by atoms with E-state index in [1.165, 1.54) is 18.7 Å². The molecule has 1 fully saturated rings. The molecule has 0 aromatic rings. The second-order valence-corrected chi connectivity index (χ2v) is 8.22. The second-order valence-electron chi connectivity index (χ2n) is 8.22. The number of carbonyl (C=O) groups excluding carboxylic acids is 3. The molecule has 0 radical (unpaired) electrons. The van der Waals surface area contributed by atoms with Crippen LogP contribution in [0.25, 0.3) is 0 Å². The van der Waals surface area contributed by atoms with Gasteiger partial charge in [0, 0.05) is 6.54 Å². The third kappa shape index (κ3) is 6.92. The molecule has 0 aromatic heterocycles. The number of rotatable bonds is 10. The molecule has 1 saturated heterocycles. The van der Waals surface area contributed by atoms with Gasteiger partial charge in [-0.2, -0.15) is 0 Å². The van der Waals surface area contributed by atoms with E-state index < -0.39 is 54.2 Å². The maximum atomic E-state index is 12.8. The van der Waals surface area contributed by atoms with Gasteiger partial charge >= 0.3 is 5.97 Å². The first-order valence-corrected chi connectivity index (χ1v) is 10.1. The molecule has 3 amide bonds. The molecule has 1 aliphatic heterocycles. The third-order valence-corrected chi connectivity index (χ3v) is 4.99. The largest absolute Gasteiger partial charge is 0.480 e. The third-order valence-electron chi connectivity index (χ3n) is 4.99. The zero-order valence-corrected chi connectivity index (χ0v) is 17.9. The molecule has 30 heavy (non-hydrogen) atoms. The van der Waals surface area contributed by atoms with E-state index in [2.05, 4.69) is 10.6 Å². The lowest BCUT2D eigenvalue weighted by atomic mass is 10.0. The minimum Gasteiger partial charge on any atom is -0.480 e. The monoisotopic (exact) mass is 430 g/mol. The summed E-state index contributed by atoms with van der Waals surface area (Å²) in [5.41, 5.74) is 5.96. The van der Waals surface area contributed by atoms with Gasteiger partial charge in [0.05, 0.1) is 18.2 Å². The Bertz CT molecular complexity index is 638. The standard InChI is InChI=1S/C19H34N4O7/c1-9(2)8-12(20)18(28)23-7-5-6-13(23)16(26)21-14(10(3)24)17(27)22-15(11(4)25)19(29)30/h9-15,24-25H,5-8,20H2,1-4H3,(H,21,26)(H,22,27)(H,29,30). The van der Waals surface area contributed by atoms with Gasteiger partial charge in [-0.3, -0.25) is 14.4 Å². The summed E-state index contributed by atoms with van der Waals surface area (Å²) in [6.07, 6.45) is -1.29. The van der Waals surface area contributed by atoms with Gasteiger partial charge in [-0.15, -0.1) is 0 Å². The van der Waals surface area contributed by atoms with Crippen LogP contribution < -0.4 is 16.4 Å². The molecule has 11 nitrogen and oxygen atoms in total. The van der Waals surface area contributed by atoms with Crippen LogP contribution in [0.1, 0.15) is 47.0 Å². The number of amides is 3. The van der Waals surface area contributed by atoms with Gasteiger partial charge in [0.1, 0.15) is 12.1 Å². The number of aliphatic hydroxyl groups excluding tert-OH is 2. The summed E-state index contributed by atoms with van der Waals surface area (Å²) in [4.78, 5) is 50.4. The van der Waals surface area contributed by atoms with Crippen molar-refractivity contribution in [1.82, 2.24) is 15.5 Å². The van der Waals surface area contributed by atoms with Crippen LogP contribution >= 0.6 is 0 Å². The predicted octanol–water partition coefficient (Wildman–Crippen LogP) is -1.83. The van der Waals surface area contributed by atoms with E-state index in [4.69, 9.17) is 10.8 Å². The van der Waals surface area contributed by atoms with Gasteiger partial charge < -0.3 is 36.6 Å². The summed E-state index contributed by atoms with van der Waals surface area (Å²) < 4.78 is 0. The van der Waals surface area contributed by atoms with E-state index in [0.29, 0.717) is 25.8 Å². The van der Waals surface area contributed by atoms with Crippen molar-refractivity contribution in [2.24, 2.45) is 11.7 Å². The molecule has 0 bridgehead atoms. The number of aliphatic carboxylic acids is 1. The van der Waals surface area contributed by atoms with Crippen LogP contribution in [0.15, 0.2) is 0 Å². The van der Waals surface area contributed by atoms with Crippen molar-refractivity contribution in [3.63, 3.8) is 0 Å². The minimum absolute atomic E-state index is 0.207. The fraction of sp³-hybridized carbons (Fsp3) is 0.789. The summed E-state index contributed by atoms with van der Waals surface area (Å²) in [6.45, 7) is 6.68. The number of carboxylic acids is 1. The summed E-state index contributed by atoms with van der Waals surface area (Å²) in [5.74, 6) is -3.19. The van der Waals surface area contributed by atoms with Crippen molar-refractivity contribution in [2.45, 2.75) is 83.3 Å². The number of aliphatic hydroxyl groups is 2.